The summed E-state index contributed by atoms with van der Waals surface area (Å²) in [5, 5.41) is 9.13. The predicted octanol–water partition coefficient (Wildman–Crippen LogP) is 4.15. The summed E-state index contributed by atoms with van der Waals surface area (Å²) < 4.78 is 0. The lowest BCUT2D eigenvalue weighted by Gasteiger charge is -2.20. The zero-order valence-electron chi connectivity index (χ0n) is 13.9. The third-order valence-electron chi connectivity index (χ3n) is 5.19. The topological polar surface area (TPSA) is 40.5 Å². The van der Waals surface area contributed by atoms with Gasteiger partial charge in [0.15, 0.2) is 0 Å². The summed E-state index contributed by atoms with van der Waals surface area (Å²) in [6, 6.07) is 13.2. The van der Waals surface area contributed by atoms with Gasteiger partial charge in [-0.15, -0.1) is 0 Å². The summed E-state index contributed by atoms with van der Waals surface area (Å²) in [4.78, 5) is 13.4. The van der Waals surface area contributed by atoms with Gasteiger partial charge in [0.1, 0.15) is 0 Å². The molecule has 0 aromatic heterocycles. The average molecular weight is 319 g/mol. The van der Waals surface area contributed by atoms with Crippen LogP contribution in [0.3, 0.4) is 0 Å². The highest BCUT2D eigenvalue weighted by molar-refractivity contribution is 5.91. The Bertz CT molecular complexity index is 851. The number of aryl methyl sites for hydroxylation is 1. The van der Waals surface area contributed by atoms with E-state index in [0.29, 0.717) is 0 Å². The Morgan fingerprint density at radius 2 is 1.83 bits per heavy atom. The number of fused-ring (bicyclic) bond motifs is 2. The number of allylic oxidation sites excluding steroid dienone is 1. The summed E-state index contributed by atoms with van der Waals surface area (Å²) >= 11 is 0. The van der Waals surface area contributed by atoms with E-state index in [1.54, 1.807) is 0 Å². The summed E-state index contributed by atoms with van der Waals surface area (Å²) in [5.41, 5.74) is 8.43. The van der Waals surface area contributed by atoms with Gasteiger partial charge in [0, 0.05) is 25.4 Å². The summed E-state index contributed by atoms with van der Waals surface area (Å²) in [6.07, 6.45) is 5.37. The first-order valence-electron chi connectivity index (χ1n) is 8.53. The molecule has 3 heteroatoms. The zero-order valence-corrected chi connectivity index (χ0v) is 13.9. The van der Waals surface area contributed by atoms with Crippen LogP contribution in [0.5, 0.6) is 0 Å². The van der Waals surface area contributed by atoms with E-state index in [1.165, 1.54) is 34.0 Å². The molecular weight excluding hydrogens is 298 g/mol. The number of benzene rings is 2. The van der Waals surface area contributed by atoms with Crippen molar-refractivity contribution in [3.05, 3.63) is 59.2 Å². The number of anilines is 1. The minimum absolute atomic E-state index is 0.845. The van der Waals surface area contributed by atoms with Crippen molar-refractivity contribution in [1.82, 2.24) is 0 Å². The van der Waals surface area contributed by atoms with Crippen LogP contribution >= 0.6 is 0 Å². The summed E-state index contributed by atoms with van der Waals surface area (Å²) in [7, 11) is 2.13. The molecule has 0 saturated carbocycles. The molecule has 0 spiro atoms. The fourth-order valence-electron chi connectivity index (χ4n) is 3.92. The van der Waals surface area contributed by atoms with Crippen LogP contribution in [-0.2, 0) is 17.6 Å². The second-order valence-corrected chi connectivity index (χ2v) is 6.75. The SMILES string of the molecule is CN1CCc2cc(-c3ccc4c(c3)/C(=C/C(=O)O)CCC4)ccc21. The van der Waals surface area contributed by atoms with Crippen LogP contribution in [0.15, 0.2) is 42.5 Å². The highest BCUT2D eigenvalue weighted by atomic mass is 16.4. The van der Waals surface area contributed by atoms with E-state index < -0.39 is 5.97 Å². The van der Waals surface area contributed by atoms with E-state index in [0.717, 1.165) is 43.4 Å². The Balaban J connectivity index is 1.77. The van der Waals surface area contributed by atoms with E-state index in [-0.39, 0.29) is 0 Å². The third-order valence-corrected chi connectivity index (χ3v) is 5.19. The number of hydrogen-bond acceptors (Lipinski definition) is 2. The number of carboxylic acid groups (broad SMARTS) is 1. The first-order valence-corrected chi connectivity index (χ1v) is 8.53. The van der Waals surface area contributed by atoms with E-state index in [9.17, 15) is 4.79 Å². The normalized spacial score (nSPS) is 17.7. The van der Waals surface area contributed by atoms with Crippen molar-refractivity contribution in [2.75, 3.05) is 18.5 Å². The van der Waals surface area contributed by atoms with Gasteiger partial charge in [-0.05, 0) is 77.3 Å². The molecule has 0 unspecified atom stereocenters. The number of nitrogens with zero attached hydrogens (tertiary/aromatic N) is 1. The Morgan fingerprint density at radius 3 is 2.67 bits per heavy atom. The van der Waals surface area contributed by atoms with Crippen molar-refractivity contribution in [2.45, 2.75) is 25.7 Å². The number of carbonyl (C=O) groups is 1. The maximum Gasteiger partial charge on any atom is 0.328 e. The van der Waals surface area contributed by atoms with Gasteiger partial charge in [0.05, 0.1) is 0 Å². The molecule has 1 aliphatic carbocycles. The fraction of sp³-hybridized carbons (Fsp3) is 0.286. The predicted molar refractivity (Wildman–Crippen MR) is 97.4 cm³/mol. The van der Waals surface area contributed by atoms with Crippen LogP contribution in [0.4, 0.5) is 5.69 Å². The average Bonchev–Trinajstić information content (AvgIpc) is 2.95. The number of carboxylic acids is 1. The molecule has 1 aliphatic heterocycles. The summed E-state index contributed by atoms with van der Waals surface area (Å²) in [5.74, 6) is -0.858. The molecule has 2 aromatic carbocycles. The van der Waals surface area contributed by atoms with Crippen molar-refractivity contribution in [3.8, 4) is 11.1 Å². The second kappa shape index (κ2) is 5.82. The molecule has 0 radical (unpaired) electrons. The summed E-state index contributed by atoms with van der Waals surface area (Å²) in [6.45, 7) is 1.08. The van der Waals surface area contributed by atoms with E-state index >= 15 is 0 Å². The minimum Gasteiger partial charge on any atom is -0.478 e. The van der Waals surface area contributed by atoms with Crippen LogP contribution in [0.1, 0.15) is 29.5 Å². The first-order chi connectivity index (χ1) is 11.6. The van der Waals surface area contributed by atoms with Gasteiger partial charge in [-0.3, -0.25) is 0 Å². The van der Waals surface area contributed by atoms with E-state index in [2.05, 4.69) is 48.3 Å². The van der Waals surface area contributed by atoms with Crippen molar-refractivity contribution >= 4 is 17.2 Å². The molecule has 0 saturated heterocycles. The standard InChI is InChI=1S/C21H21NO2/c1-22-10-9-18-11-15(7-8-20(18)22)16-6-5-14-3-2-4-17(13-21(23)24)19(14)12-16/h5-8,11-13H,2-4,9-10H2,1H3,(H,23,24)/b17-13+. The van der Waals surface area contributed by atoms with Crippen LogP contribution in [0, 0.1) is 0 Å². The largest absolute Gasteiger partial charge is 0.478 e. The molecule has 0 bridgehead atoms. The monoisotopic (exact) mass is 319 g/mol. The molecule has 4 rings (SSSR count). The quantitative estimate of drug-likeness (QED) is 0.845. The Morgan fingerprint density at radius 1 is 1.04 bits per heavy atom. The lowest BCUT2D eigenvalue weighted by atomic mass is 9.85. The van der Waals surface area contributed by atoms with Gasteiger partial charge < -0.3 is 10.0 Å². The van der Waals surface area contributed by atoms with Crippen LogP contribution in [0.25, 0.3) is 16.7 Å². The maximum absolute atomic E-state index is 11.1. The highest BCUT2D eigenvalue weighted by Gasteiger charge is 2.18. The highest BCUT2D eigenvalue weighted by Crippen LogP contribution is 2.36. The molecule has 3 nitrogen and oxygen atoms in total. The van der Waals surface area contributed by atoms with Gasteiger partial charge in [0.2, 0.25) is 0 Å². The molecule has 1 heterocycles. The smallest absolute Gasteiger partial charge is 0.328 e. The second-order valence-electron chi connectivity index (χ2n) is 6.75. The lowest BCUT2D eigenvalue weighted by molar-refractivity contribution is -0.131. The number of rotatable bonds is 2. The Labute approximate surface area is 142 Å². The molecule has 0 amide bonds. The van der Waals surface area contributed by atoms with Crippen LogP contribution in [0.2, 0.25) is 0 Å². The molecule has 1 N–H and O–H groups in total. The van der Waals surface area contributed by atoms with Gasteiger partial charge in [0.25, 0.3) is 0 Å². The van der Waals surface area contributed by atoms with Gasteiger partial charge in [-0.1, -0.05) is 18.2 Å². The van der Waals surface area contributed by atoms with Gasteiger partial charge in [-0.25, -0.2) is 4.79 Å². The zero-order chi connectivity index (χ0) is 16.7. The van der Waals surface area contributed by atoms with E-state index in [4.69, 9.17) is 5.11 Å². The maximum atomic E-state index is 11.1. The molecule has 2 aliphatic rings. The van der Waals surface area contributed by atoms with Crippen LogP contribution in [-0.4, -0.2) is 24.7 Å². The molecule has 0 fully saturated rings. The van der Waals surface area contributed by atoms with E-state index in [1.807, 2.05) is 0 Å². The number of likely N-dealkylation sites (N-methyl/N-ethyl adjacent to an activating group) is 1. The van der Waals surface area contributed by atoms with Crippen molar-refractivity contribution < 1.29 is 9.90 Å². The third kappa shape index (κ3) is 2.60. The number of aliphatic carboxylic acids is 1. The van der Waals surface area contributed by atoms with Crippen LogP contribution < -0.4 is 4.90 Å². The minimum atomic E-state index is -0.858. The molecule has 24 heavy (non-hydrogen) atoms. The Hall–Kier alpha value is -2.55. The van der Waals surface area contributed by atoms with Crippen molar-refractivity contribution in [1.29, 1.82) is 0 Å². The van der Waals surface area contributed by atoms with Gasteiger partial charge >= 0.3 is 5.97 Å². The lowest BCUT2D eigenvalue weighted by Crippen LogP contribution is -2.12. The first kappa shape index (κ1) is 15.0. The van der Waals surface area contributed by atoms with Gasteiger partial charge in [-0.2, -0.15) is 0 Å². The Kier molecular flexibility index (Phi) is 3.64. The molecule has 122 valence electrons. The molecular formula is C21H21NO2. The fourth-order valence-corrected chi connectivity index (χ4v) is 3.92. The number of hydrogen-bond donors (Lipinski definition) is 1. The molecule has 2 aromatic rings. The van der Waals surface area contributed by atoms with Crippen molar-refractivity contribution in [2.24, 2.45) is 0 Å². The van der Waals surface area contributed by atoms with Crippen molar-refractivity contribution in [3.63, 3.8) is 0 Å². The molecule has 0 atom stereocenters.